The van der Waals surface area contributed by atoms with E-state index in [0.717, 1.165) is 11.8 Å². The first-order valence-electron chi connectivity index (χ1n) is 8.07. The minimum Gasteiger partial charge on any atom is -0.307 e. The second kappa shape index (κ2) is 5.21. The Morgan fingerprint density at radius 2 is 1.95 bits per heavy atom. The molecule has 0 aromatic heterocycles. The van der Waals surface area contributed by atoms with E-state index in [0.29, 0.717) is 12.1 Å². The third kappa shape index (κ3) is 2.25. The topological polar surface area (TPSA) is 12.0 Å². The molecule has 5 rings (SSSR count). The van der Waals surface area contributed by atoms with Crippen molar-refractivity contribution in [2.24, 2.45) is 11.8 Å². The summed E-state index contributed by atoms with van der Waals surface area (Å²) in [6.07, 6.45) is 13.6. The molecule has 2 aliphatic heterocycles. The molecule has 1 heteroatoms. The van der Waals surface area contributed by atoms with Crippen molar-refractivity contribution >= 4 is 0 Å². The summed E-state index contributed by atoms with van der Waals surface area (Å²) in [6, 6.07) is 12.3. The van der Waals surface area contributed by atoms with E-state index < -0.39 is 0 Å². The number of fused-ring (bicyclic) bond motifs is 2. The summed E-state index contributed by atoms with van der Waals surface area (Å²) >= 11 is 0. The first-order valence-corrected chi connectivity index (χ1v) is 8.07. The molecular weight excluding hydrogens is 242 g/mol. The van der Waals surface area contributed by atoms with E-state index in [2.05, 4.69) is 53.9 Å². The van der Waals surface area contributed by atoms with Gasteiger partial charge in [-0.1, -0.05) is 54.1 Å². The van der Waals surface area contributed by atoms with Crippen LogP contribution in [0.1, 0.15) is 43.7 Å². The number of benzene rings is 1. The van der Waals surface area contributed by atoms with Crippen LogP contribution in [0.2, 0.25) is 0 Å². The van der Waals surface area contributed by atoms with E-state index in [9.17, 15) is 0 Å². The van der Waals surface area contributed by atoms with Gasteiger partial charge in [-0.3, -0.25) is 0 Å². The summed E-state index contributed by atoms with van der Waals surface area (Å²) < 4.78 is 0. The Morgan fingerprint density at radius 3 is 2.85 bits per heavy atom. The number of hydrogen-bond donors (Lipinski definition) is 1. The highest BCUT2D eigenvalue weighted by Gasteiger charge is 2.36. The summed E-state index contributed by atoms with van der Waals surface area (Å²) in [7, 11) is 0. The fourth-order valence-electron chi connectivity index (χ4n) is 4.35. The van der Waals surface area contributed by atoms with E-state index in [1.807, 2.05) is 0 Å². The number of allylic oxidation sites excluding steroid dienone is 3. The zero-order chi connectivity index (χ0) is 13.4. The quantitative estimate of drug-likeness (QED) is 0.794. The maximum Gasteiger partial charge on any atom is 0.0351 e. The summed E-state index contributed by atoms with van der Waals surface area (Å²) in [5, 5.41) is 3.94. The van der Waals surface area contributed by atoms with Gasteiger partial charge in [0.15, 0.2) is 0 Å². The lowest BCUT2D eigenvalue weighted by Gasteiger charge is -2.44. The van der Waals surface area contributed by atoms with Crippen molar-refractivity contribution in [2.75, 3.05) is 0 Å². The number of hydrogen-bond acceptors (Lipinski definition) is 1. The average Bonchev–Trinajstić information content (AvgIpc) is 2.48. The predicted molar refractivity (Wildman–Crippen MR) is 83.4 cm³/mol. The van der Waals surface area contributed by atoms with Crippen molar-refractivity contribution in [3.05, 3.63) is 59.7 Å². The smallest absolute Gasteiger partial charge is 0.0351 e. The Bertz CT molecular complexity index is 528. The minimum atomic E-state index is 0.572. The van der Waals surface area contributed by atoms with Gasteiger partial charge in [0.25, 0.3) is 0 Å². The fourth-order valence-corrected chi connectivity index (χ4v) is 4.35. The van der Waals surface area contributed by atoms with Gasteiger partial charge in [0.2, 0.25) is 0 Å². The van der Waals surface area contributed by atoms with Crippen LogP contribution < -0.4 is 5.32 Å². The molecule has 4 atom stereocenters. The van der Waals surface area contributed by atoms with Crippen molar-refractivity contribution in [1.82, 2.24) is 5.32 Å². The van der Waals surface area contributed by atoms with E-state index in [1.165, 1.54) is 37.7 Å². The normalized spacial score (nSPS) is 35.9. The molecule has 20 heavy (non-hydrogen) atoms. The Kier molecular flexibility index (Phi) is 3.23. The average molecular weight is 265 g/mol. The lowest BCUT2D eigenvalue weighted by atomic mass is 9.70. The van der Waals surface area contributed by atoms with Gasteiger partial charge in [0.05, 0.1) is 0 Å². The van der Waals surface area contributed by atoms with Gasteiger partial charge < -0.3 is 5.32 Å². The molecule has 2 heterocycles. The molecule has 0 spiro atoms. The van der Waals surface area contributed by atoms with Gasteiger partial charge in [-0.25, -0.2) is 0 Å². The maximum atomic E-state index is 3.94. The zero-order valence-electron chi connectivity index (χ0n) is 12.0. The second-order valence-electron chi connectivity index (χ2n) is 6.63. The minimum absolute atomic E-state index is 0.572. The highest BCUT2D eigenvalue weighted by atomic mass is 15.0. The van der Waals surface area contributed by atoms with E-state index in [-0.39, 0.29) is 0 Å². The van der Waals surface area contributed by atoms with Crippen LogP contribution in [0.4, 0.5) is 0 Å². The molecule has 2 saturated heterocycles. The van der Waals surface area contributed by atoms with Crippen molar-refractivity contribution in [3.63, 3.8) is 0 Å². The Labute approximate surface area is 121 Å². The Morgan fingerprint density at radius 1 is 1.05 bits per heavy atom. The highest BCUT2D eigenvalue weighted by molar-refractivity contribution is 5.26. The SMILES string of the molecule is C1=CCC2CC3CCC(CC2=C1)N[C@@H]3c1ccccc1. The summed E-state index contributed by atoms with van der Waals surface area (Å²) in [6.45, 7) is 0. The first-order chi connectivity index (χ1) is 9.90. The van der Waals surface area contributed by atoms with Crippen LogP contribution in [0.25, 0.3) is 0 Å². The molecule has 1 saturated carbocycles. The molecule has 1 nitrogen and oxygen atoms in total. The van der Waals surface area contributed by atoms with Gasteiger partial charge in [-0.15, -0.1) is 0 Å². The van der Waals surface area contributed by atoms with Crippen molar-refractivity contribution < 1.29 is 0 Å². The van der Waals surface area contributed by atoms with Crippen molar-refractivity contribution in [1.29, 1.82) is 0 Å². The molecule has 4 aliphatic rings. The van der Waals surface area contributed by atoms with Gasteiger partial charge in [0, 0.05) is 12.1 Å². The molecular formula is C19H23N. The van der Waals surface area contributed by atoms with Gasteiger partial charge in [0.1, 0.15) is 0 Å². The standard InChI is InChI=1S/C19H23N/c1-2-6-14(7-3-1)19-17-10-11-18(20-19)13-16-9-5-4-8-15(16)12-17/h1-7,9,15,17-20H,8,10-13H2/t15?,17?,18?,19-/m1/s1. The van der Waals surface area contributed by atoms with Crippen LogP contribution >= 0.6 is 0 Å². The van der Waals surface area contributed by atoms with Crippen LogP contribution in [0.5, 0.6) is 0 Å². The van der Waals surface area contributed by atoms with Crippen LogP contribution in [-0.2, 0) is 0 Å². The Balaban J connectivity index is 1.63. The van der Waals surface area contributed by atoms with Crippen LogP contribution in [0.3, 0.4) is 0 Å². The number of rotatable bonds is 1. The summed E-state index contributed by atoms with van der Waals surface area (Å²) in [5.74, 6) is 1.61. The molecule has 3 unspecified atom stereocenters. The molecule has 0 amide bonds. The first kappa shape index (κ1) is 12.4. The molecule has 3 fully saturated rings. The molecule has 2 aliphatic carbocycles. The maximum absolute atomic E-state index is 3.94. The third-order valence-corrected chi connectivity index (χ3v) is 5.39. The van der Waals surface area contributed by atoms with Crippen molar-refractivity contribution in [3.8, 4) is 0 Å². The van der Waals surface area contributed by atoms with E-state index >= 15 is 0 Å². The predicted octanol–water partition coefficient (Wildman–Crippen LogP) is 4.39. The highest BCUT2D eigenvalue weighted by Crippen LogP contribution is 2.43. The molecule has 1 aromatic rings. The van der Waals surface area contributed by atoms with Crippen molar-refractivity contribution in [2.45, 2.75) is 44.2 Å². The number of piperidine rings is 1. The van der Waals surface area contributed by atoms with Gasteiger partial charge in [-0.05, 0) is 49.5 Å². The third-order valence-electron chi connectivity index (χ3n) is 5.39. The van der Waals surface area contributed by atoms with Gasteiger partial charge in [-0.2, -0.15) is 0 Å². The van der Waals surface area contributed by atoms with Crippen LogP contribution in [-0.4, -0.2) is 6.04 Å². The number of nitrogens with one attached hydrogen (secondary N) is 1. The lowest BCUT2D eigenvalue weighted by Crippen LogP contribution is -2.45. The van der Waals surface area contributed by atoms with Crippen LogP contribution in [0.15, 0.2) is 54.1 Å². The molecule has 1 aromatic carbocycles. The van der Waals surface area contributed by atoms with Gasteiger partial charge >= 0.3 is 0 Å². The monoisotopic (exact) mass is 265 g/mol. The molecule has 1 N–H and O–H groups in total. The summed E-state index contributed by atoms with van der Waals surface area (Å²) in [5.41, 5.74) is 3.18. The van der Waals surface area contributed by atoms with Crippen LogP contribution in [0, 0.1) is 11.8 Å². The van der Waals surface area contributed by atoms with E-state index in [4.69, 9.17) is 0 Å². The van der Waals surface area contributed by atoms with E-state index in [1.54, 1.807) is 5.57 Å². The summed E-state index contributed by atoms with van der Waals surface area (Å²) in [4.78, 5) is 0. The molecule has 2 bridgehead atoms. The Hall–Kier alpha value is -1.34. The zero-order valence-corrected chi connectivity index (χ0v) is 12.0. The second-order valence-corrected chi connectivity index (χ2v) is 6.63. The largest absolute Gasteiger partial charge is 0.307 e. The fraction of sp³-hybridized carbons (Fsp3) is 0.474. The lowest BCUT2D eigenvalue weighted by molar-refractivity contribution is 0.180. The molecule has 0 radical (unpaired) electrons. The molecule has 104 valence electrons.